The third kappa shape index (κ3) is 7.69. The number of aliphatic carboxylic acids is 1. The number of aromatic nitrogens is 2. The number of piperidine rings is 1. The number of carbonyl (C=O) groups is 2. The zero-order valence-electron chi connectivity index (χ0n) is 18.0. The number of nitrogens with one attached hydrogen (secondary N) is 2. The van der Waals surface area contributed by atoms with Crippen LogP contribution < -0.4 is 5.32 Å². The third-order valence-electron chi connectivity index (χ3n) is 5.39. The minimum atomic E-state index is -5.08. The molecule has 2 aliphatic rings. The molecule has 31 heavy (non-hydrogen) atoms. The number of rotatable bonds is 3. The van der Waals surface area contributed by atoms with Crippen LogP contribution in [0.3, 0.4) is 0 Å². The summed E-state index contributed by atoms with van der Waals surface area (Å²) in [5, 5.41) is 10.2. The number of aromatic amines is 1. The van der Waals surface area contributed by atoms with Crippen LogP contribution in [-0.4, -0.2) is 88.5 Å². The van der Waals surface area contributed by atoms with E-state index in [9.17, 15) is 18.0 Å². The molecule has 2 fully saturated rings. The van der Waals surface area contributed by atoms with Gasteiger partial charge in [0.1, 0.15) is 5.82 Å². The van der Waals surface area contributed by atoms with E-state index in [0.717, 1.165) is 57.7 Å². The van der Waals surface area contributed by atoms with Crippen molar-refractivity contribution in [2.24, 2.45) is 0 Å². The number of H-pyrrole nitrogens is 1. The number of carboxylic acids is 1. The topological polar surface area (TPSA) is 111 Å². The van der Waals surface area contributed by atoms with E-state index in [0.29, 0.717) is 0 Å². The highest BCUT2D eigenvalue weighted by atomic mass is 19.4. The second-order valence-corrected chi connectivity index (χ2v) is 8.14. The molecular formula is C19H30F3N5O4. The maximum atomic E-state index is 11.9. The van der Waals surface area contributed by atoms with Gasteiger partial charge in [-0.25, -0.2) is 14.6 Å². The highest BCUT2D eigenvalue weighted by Gasteiger charge is 2.41. The minimum absolute atomic E-state index is 0.0101. The first-order valence-corrected chi connectivity index (χ1v) is 10.0. The normalized spacial score (nSPS) is 21.2. The molecule has 2 amide bonds. The highest BCUT2D eigenvalue weighted by Crippen LogP contribution is 2.35. The van der Waals surface area contributed by atoms with Gasteiger partial charge in [-0.05, 0) is 32.6 Å². The maximum Gasteiger partial charge on any atom is 0.490 e. The molecule has 2 aliphatic heterocycles. The number of amides is 2. The number of ether oxygens (including phenoxy) is 1. The summed E-state index contributed by atoms with van der Waals surface area (Å²) in [6, 6.07) is 0.208. The standard InChI is InChI=1S/C17H29N5O2.C2HF3O2/c1-13-18-11-15(19-13)12-22-7-5-17(6-8-22)10-14(4-9-24-17)20-16(23)21(2)3;3-2(4,5)1(6)7/h11,14H,4-10,12H2,1-3H3,(H,18,19)(H,20,23);(H,6,7). The summed E-state index contributed by atoms with van der Waals surface area (Å²) in [6.07, 6.45) is 0.703. The van der Waals surface area contributed by atoms with E-state index in [2.05, 4.69) is 20.2 Å². The summed E-state index contributed by atoms with van der Waals surface area (Å²) < 4.78 is 37.9. The van der Waals surface area contributed by atoms with Crippen molar-refractivity contribution in [3.63, 3.8) is 0 Å². The van der Waals surface area contributed by atoms with Gasteiger partial charge < -0.3 is 25.0 Å². The lowest BCUT2D eigenvalue weighted by Crippen LogP contribution is -2.54. The van der Waals surface area contributed by atoms with Crippen molar-refractivity contribution in [1.29, 1.82) is 0 Å². The Morgan fingerprint density at radius 3 is 2.48 bits per heavy atom. The van der Waals surface area contributed by atoms with E-state index in [1.807, 2.05) is 13.1 Å². The number of halogens is 3. The van der Waals surface area contributed by atoms with E-state index < -0.39 is 12.1 Å². The van der Waals surface area contributed by atoms with Gasteiger partial charge in [0.05, 0.1) is 5.60 Å². The molecule has 3 heterocycles. The van der Waals surface area contributed by atoms with Gasteiger partial charge in [-0.1, -0.05) is 0 Å². The smallest absolute Gasteiger partial charge is 0.475 e. The molecule has 0 aromatic carbocycles. The van der Waals surface area contributed by atoms with Gasteiger partial charge in [-0.15, -0.1) is 0 Å². The van der Waals surface area contributed by atoms with E-state index in [-0.39, 0.29) is 17.7 Å². The predicted molar refractivity (Wildman–Crippen MR) is 105 cm³/mol. The Morgan fingerprint density at radius 1 is 1.39 bits per heavy atom. The van der Waals surface area contributed by atoms with Crippen LogP contribution in [0.1, 0.15) is 37.2 Å². The van der Waals surface area contributed by atoms with E-state index >= 15 is 0 Å². The van der Waals surface area contributed by atoms with Crippen LogP contribution in [0.15, 0.2) is 6.20 Å². The molecule has 1 aromatic heterocycles. The van der Waals surface area contributed by atoms with Crippen molar-refractivity contribution in [3.05, 3.63) is 17.7 Å². The zero-order valence-corrected chi connectivity index (χ0v) is 18.0. The Labute approximate surface area is 178 Å². The first-order valence-electron chi connectivity index (χ1n) is 10.0. The number of alkyl halides is 3. The molecule has 3 rings (SSSR count). The van der Waals surface area contributed by atoms with Gasteiger partial charge in [0, 0.05) is 58.3 Å². The van der Waals surface area contributed by atoms with Gasteiger partial charge in [-0.2, -0.15) is 13.2 Å². The van der Waals surface area contributed by atoms with Crippen LogP contribution in [-0.2, 0) is 16.1 Å². The summed E-state index contributed by atoms with van der Waals surface area (Å²) in [4.78, 5) is 32.4. The predicted octanol–water partition coefficient (Wildman–Crippen LogP) is 2.14. The number of urea groups is 1. The van der Waals surface area contributed by atoms with Crippen molar-refractivity contribution >= 4 is 12.0 Å². The van der Waals surface area contributed by atoms with Crippen molar-refractivity contribution < 1.29 is 32.6 Å². The Balaban J connectivity index is 0.000000423. The zero-order chi connectivity index (χ0) is 23.2. The number of nitrogens with zero attached hydrogens (tertiary/aromatic N) is 3. The molecule has 1 unspecified atom stereocenters. The summed E-state index contributed by atoms with van der Waals surface area (Å²) in [5.41, 5.74) is 1.10. The molecule has 0 radical (unpaired) electrons. The summed E-state index contributed by atoms with van der Waals surface area (Å²) in [6.45, 7) is 5.67. The van der Waals surface area contributed by atoms with E-state index in [1.54, 1.807) is 19.0 Å². The molecule has 12 heteroatoms. The molecular weight excluding hydrogens is 419 g/mol. The number of hydrogen-bond donors (Lipinski definition) is 3. The molecule has 1 atom stereocenters. The SMILES string of the molecule is Cc1ncc(CN2CCC3(CC2)CC(NC(=O)N(C)C)CCO3)[nH]1.O=C(O)C(F)(F)F. The molecule has 0 bridgehead atoms. The number of carbonyl (C=O) groups excluding carboxylic acids is 1. The quantitative estimate of drug-likeness (QED) is 0.652. The number of carboxylic acid groups (broad SMARTS) is 1. The third-order valence-corrected chi connectivity index (χ3v) is 5.39. The van der Waals surface area contributed by atoms with Gasteiger partial charge in [-0.3, -0.25) is 4.90 Å². The summed E-state index contributed by atoms with van der Waals surface area (Å²) in [7, 11) is 3.56. The number of hydrogen-bond acceptors (Lipinski definition) is 5. The summed E-state index contributed by atoms with van der Waals surface area (Å²) >= 11 is 0. The van der Waals surface area contributed by atoms with E-state index in [4.69, 9.17) is 14.6 Å². The van der Waals surface area contributed by atoms with Gasteiger partial charge in [0.2, 0.25) is 0 Å². The second-order valence-electron chi connectivity index (χ2n) is 8.14. The lowest BCUT2D eigenvalue weighted by Gasteiger charge is -2.46. The van der Waals surface area contributed by atoms with Crippen LogP contribution in [0.2, 0.25) is 0 Å². The van der Waals surface area contributed by atoms with Crippen LogP contribution in [0.4, 0.5) is 18.0 Å². The largest absolute Gasteiger partial charge is 0.490 e. The van der Waals surface area contributed by atoms with Crippen molar-refractivity contribution in [1.82, 2.24) is 25.1 Å². The van der Waals surface area contributed by atoms with Crippen molar-refractivity contribution in [3.8, 4) is 0 Å². The van der Waals surface area contributed by atoms with Crippen molar-refractivity contribution in [2.45, 2.75) is 57.0 Å². The fourth-order valence-corrected chi connectivity index (χ4v) is 3.71. The van der Waals surface area contributed by atoms with Crippen molar-refractivity contribution in [2.75, 3.05) is 33.8 Å². The molecule has 2 saturated heterocycles. The molecule has 0 aliphatic carbocycles. The van der Waals surface area contributed by atoms with Crippen LogP contribution >= 0.6 is 0 Å². The lowest BCUT2D eigenvalue weighted by atomic mass is 9.82. The Hall–Kier alpha value is -2.34. The first kappa shape index (κ1) is 24.9. The minimum Gasteiger partial charge on any atom is -0.475 e. The molecule has 9 nitrogen and oxygen atoms in total. The number of aryl methyl sites for hydroxylation is 1. The van der Waals surface area contributed by atoms with Gasteiger partial charge in [0.25, 0.3) is 0 Å². The van der Waals surface area contributed by atoms with Crippen LogP contribution in [0, 0.1) is 6.92 Å². The fourth-order valence-electron chi connectivity index (χ4n) is 3.71. The first-order chi connectivity index (χ1) is 14.4. The molecule has 1 spiro atoms. The lowest BCUT2D eigenvalue weighted by molar-refractivity contribution is -0.192. The number of likely N-dealkylation sites (tertiary alicyclic amines) is 1. The Kier molecular flexibility index (Phi) is 8.29. The second kappa shape index (κ2) is 10.3. The Morgan fingerprint density at radius 2 is 2.00 bits per heavy atom. The summed E-state index contributed by atoms with van der Waals surface area (Å²) in [5.74, 6) is -1.79. The highest BCUT2D eigenvalue weighted by molar-refractivity contribution is 5.74. The average molecular weight is 449 g/mol. The number of imidazole rings is 1. The average Bonchev–Trinajstić information content (AvgIpc) is 3.08. The maximum absolute atomic E-state index is 11.9. The Bertz CT molecular complexity index is 745. The fraction of sp³-hybridized carbons (Fsp3) is 0.737. The molecule has 1 aromatic rings. The van der Waals surface area contributed by atoms with Gasteiger partial charge in [0.15, 0.2) is 0 Å². The molecule has 0 saturated carbocycles. The van der Waals surface area contributed by atoms with Gasteiger partial charge >= 0.3 is 18.2 Å². The molecule has 3 N–H and O–H groups in total. The monoisotopic (exact) mass is 449 g/mol. The van der Waals surface area contributed by atoms with Crippen LogP contribution in [0.25, 0.3) is 0 Å². The van der Waals surface area contributed by atoms with E-state index in [1.165, 1.54) is 5.69 Å². The molecule has 176 valence electrons. The van der Waals surface area contributed by atoms with Crippen LogP contribution in [0.5, 0.6) is 0 Å².